The number of hydrogen-bond acceptors (Lipinski definition) is 3. The number of nitrogens with zero attached hydrogens (tertiary/aromatic N) is 1. The van der Waals surface area contributed by atoms with Crippen LogP contribution in [0, 0.1) is 5.92 Å². The maximum atomic E-state index is 11.9. The minimum atomic E-state index is -0.00181. The first-order chi connectivity index (χ1) is 11.6. The molecule has 1 aromatic rings. The molecule has 4 heteroatoms. The summed E-state index contributed by atoms with van der Waals surface area (Å²) in [6, 6.07) is 10.9. The van der Waals surface area contributed by atoms with Gasteiger partial charge in [0.1, 0.15) is 0 Å². The van der Waals surface area contributed by atoms with Gasteiger partial charge in [0.2, 0.25) is 5.91 Å². The number of carbonyl (C=O) groups excluding carboxylic acids is 1. The van der Waals surface area contributed by atoms with Crippen LogP contribution in [0.15, 0.2) is 30.3 Å². The van der Waals surface area contributed by atoms with Crippen LogP contribution < -0.4 is 5.32 Å². The Morgan fingerprint density at radius 1 is 1.29 bits per heavy atom. The third-order valence-electron chi connectivity index (χ3n) is 5.41. The largest absolute Gasteiger partial charge is 0.373 e. The molecule has 2 heterocycles. The molecule has 2 aliphatic rings. The van der Waals surface area contributed by atoms with E-state index in [-0.39, 0.29) is 23.5 Å². The number of rotatable bonds is 5. The Kier molecular flexibility index (Phi) is 5.57. The summed E-state index contributed by atoms with van der Waals surface area (Å²) in [6.45, 7) is 7.85. The molecular weight excluding hydrogens is 300 g/mol. The molecule has 1 N–H and O–H groups in total. The highest BCUT2D eigenvalue weighted by molar-refractivity contribution is 5.78. The highest BCUT2D eigenvalue weighted by Gasteiger charge is 2.43. The number of amides is 1. The fraction of sp³-hybridized carbons (Fsp3) is 0.650. The zero-order chi connectivity index (χ0) is 17.0. The first kappa shape index (κ1) is 17.4. The monoisotopic (exact) mass is 330 g/mol. The fourth-order valence-corrected chi connectivity index (χ4v) is 3.77. The minimum absolute atomic E-state index is 0.00181. The average Bonchev–Trinajstić information content (AvgIpc) is 2.98. The molecule has 132 valence electrons. The smallest absolute Gasteiger partial charge is 0.222 e. The van der Waals surface area contributed by atoms with Gasteiger partial charge in [0.15, 0.2) is 0 Å². The van der Waals surface area contributed by atoms with E-state index in [9.17, 15) is 4.79 Å². The predicted octanol–water partition coefficient (Wildman–Crippen LogP) is 2.62. The van der Waals surface area contributed by atoms with Crippen molar-refractivity contribution >= 4 is 5.91 Å². The van der Waals surface area contributed by atoms with Crippen molar-refractivity contribution in [2.24, 2.45) is 5.92 Å². The third kappa shape index (κ3) is 4.37. The van der Waals surface area contributed by atoms with Gasteiger partial charge in [0, 0.05) is 25.6 Å². The molecule has 1 spiro atoms. The Bertz CT molecular complexity index is 536. The zero-order valence-corrected chi connectivity index (χ0v) is 15.0. The first-order valence-electron chi connectivity index (χ1n) is 9.27. The Balaban J connectivity index is 1.43. The van der Waals surface area contributed by atoms with E-state index in [0.717, 1.165) is 45.3 Å². The number of nitrogens with one attached hydrogen (secondary N) is 1. The number of likely N-dealkylation sites (tertiary alicyclic amines) is 1. The molecule has 2 aliphatic heterocycles. The molecule has 0 radical (unpaired) electrons. The standard InChI is InChI=1S/C20H30N2O2/c1-16(2)19(23)21-18-14-20(24-15-18)9-12-22(13-10-20)11-8-17-6-4-3-5-7-17/h3-7,16,18H,8-15H2,1-2H3,(H,21,23). The fourth-order valence-electron chi connectivity index (χ4n) is 3.77. The van der Waals surface area contributed by atoms with Crippen LogP contribution in [0.25, 0.3) is 0 Å². The molecule has 1 amide bonds. The molecule has 1 atom stereocenters. The first-order valence-corrected chi connectivity index (χ1v) is 9.27. The Labute approximate surface area is 145 Å². The quantitative estimate of drug-likeness (QED) is 0.902. The number of carbonyl (C=O) groups is 1. The SMILES string of the molecule is CC(C)C(=O)NC1COC2(CCN(CCc3ccccc3)CC2)C1. The van der Waals surface area contributed by atoms with Gasteiger partial charge in [-0.2, -0.15) is 0 Å². The van der Waals surface area contributed by atoms with Crippen molar-refractivity contribution < 1.29 is 9.53 Å². The molecule has 2 saturated heterocycles. The van der Waals surface area contributed by atoms with E-state index in [1.165, 1.54) is 5.56 Å². The summed E-state index contributed by atoms with van der Waals surface area (Å²) in [6.07, 6.45) is 4.24. The van der Waals surface area contributed by atoms with Gasteiger partial charge in [-0.1, -0.05) is 44.2 Å². The van der Waals surface area contributed by atoms with Crippen molar-refractivity contribution in [3.8, 4) is 0 Å². The summed E-state index contributed by atoms with van der Waals surface area (Å²) in [5, 5.41) is 3.13. The molecule has 0 bridgehead atoms. The van der Waals surface area contributed by atoms with Gasteiger partial charge in [-0.05, 0) is 31.2 Å². The molecule has 0 aliphatic carbocycles. The maximum Gasteiger partial charge on any atom is 0.222 e. The topological polar surface area (TPSA) is 41.6 Å². The van der Waals surface area contributed by atoms with E-state index in [0.29, 0.717) is 6.61 Å². The lowest BCUT2D eigenvalue weighted by molar-refractivity contribution is -0.124. The van der Waals surface area contributed by atoms with Gasteiger partial charge in [0.25, 0.3) is 0 Å². The van der Waals surface area contributed by atoms with Crippen molar-refractivity contribution in [2.45, 2.75) is 51.2 Å². The minimum Gasteiger partial charge on any atom is -0.373 e. The van der Waals surface area contributed by atoms with Gasteiger partial charge in [0.05, 0.1) is 18.2 Å². The number of ether oxygens (including phenoxy) is 1. The van der Waals surface area contributed by atoms with Crippen molar-refractivity contribution in [3.63, 3.8) is 0 Å². The second-order valence-electron chi connectivity index (χ2n) is 7.64. The predicted molar refractivity (Wildman–Crippen MR) is 95.9 cm³/mol. The van der Waals surface area contributed by atoms with Crippen LogP contribution in [-0.2, 0) is 16.0 Å². The van der Waals surface area contributed by atoms with Gasteiger partial charge in [-0.15, -0.1) is 0 Å². The number of hydrogen-bond donors (Lipinski definition) is 1. The van der Waals surface area contributed by atoms with Crippen molar-refractivity contribution in [1.29, 1.82) is 0 Å². The molecule has 1 aromatic carbocycles. The van der Waals surface area contributed by atoms with Crippen LogP contribution in [-0.4, -0.2) is 48.7 Å². The lowest BCUT2D eigenvalue weighted by atomic mass is 9.87. The van der Waals surface area contributed by atoms with Crippen LogP contribution >= 0.6 is 0 Å². The van der Waals surface area contributed by atoms with Crippen LogP contribution in [0.2, 0.25) is 0 Å². The van der Waals surface area contributed by atoms with E-state index in [2.05, 4.69) is 40.5 Å². The van der Waals surface area contributed by atoms with Gasteiger partial charge in [-0.25, -0.2) is 0 Å². The summed E-state index contributed by atoms with van der Waals surface area (Å²) in [5.41, 5.74) is 1.41. The summed E-state index contributed by atoms with van der Waals surface area (Å²) in [7, 11) is 0. The van der Waals surface area contributed by atoms with E-state index >= 15 is 0 Å². The van der Waals surface area contributed by atoms with E-state index in [1.54, 1.807) is 0 Å². The summed E-state index contributed by atoms with van der Waals surface area (Å²) in [4.78, 5) is 14.4. The summed E-state index contributed by atoms with van der Waals surface area (Å²) < 4.78 is 6.14. The molecule has 0 saturated carbocycles. The Morgan fingerprint density at radius 2 is 2.00 bits per heavy atom. The highest BCUT2D eigenvalue weighted by atomic mass is 16.5. The van der Waals surface area contributed by atoms with Gasteiger partial charge in [-0.3, -0.25) is 4.79 Å². The van der Waals surface area contributed by atoms with Crippen molar-refractivity contribution in [3.05, 3.63) is 35.9 Å². The molecule has 1 unspecified atom stereocenters. The highest BCUT2D eigenvalue weighted by Crippen LogP contribution is 2.36. The normalized spacial score (nSPS) is 23.7. The summed E-state index contributed by atoms with van der Waals surface area (Å²) in [5.74, 6) is 0.183. The maximum absolute atomic E-state index is 11.9. The van der Waals surface area contributed by atoms with Crippen LogP contribution in [0.1, 0.15) is 38.7 Å². The van der Waals surface area contributed by atoms with E-state index in [4.69, 9.17) is 4.74 Å². The number of piperidine rings is 1. The van der Waals surface area contributed by atoms with Crippen LogP contribution in [0.3, 0.4) is 0 Å². The Hall–Kier alpha value is -1.39. The van der Waals surface area contributed by atoms with Gasteiger partial charge >= 0.3 is 0 Å². The van der Waals surface area contributed by atoms with Crippen LogP contribution in [0.4, 0.5) is 0 Å². The molecule has 24 heavy (non-hydrogen) atoms. The van der Waals surface area contributed by atoms with Gasteiger partial charge < -0.3 is 15.0 Å². The third-order valence-corrected chi connectivity index (χ3v) is 5.41. The molecule has 2 fully saturated rings. The molecule has 0 aromatic heterocycles. The lowest BCUT2D eigenvalue weighted by Gasteiger charge is -2.38. The molecule has 4 nitrogen and oxygen atoms in total. The van der Waals surface area contributed by atoms with Crippen molar-refractivity contribution in [2.75, 3.05) is 26.2 Å². The molecular formula is C20H30N2O2. The van der Waals surface area contributed by atoms with Crippen LogP contribution in [0.5, 0.6) is 0 Å². The van der Waals surface area contributed by atoms with E-state index < -0.39 is 0 Å². The Morgan fingerprint density at radius 3 is 2.67 bits per heavy atom. The van der Waals surface area contributed by atoms with E-state index in [1.807, 2.05) is 13.8 Å². The number of benzene rings is 1. The lowest BCUT2D eigenvalue weighted by Crippen LogP contribution is -2.45. The molecule has 3 rings (SSSR count). The van der Waals surface area contributed by atoms with Crippen molar-refractivity contribution in [1.82, 2.24) is 10.2 Å². The zero-order valence-electron chi connectivity index (χ0n) is 15.0. The second kappa shape index (κ2) is 7.66. The second-order valence-corrected chi connectivity index (χ2v) is 7.64. The summed E-state index contributed by atoms with van der Waals surface area (Å²) >= 11 is 0. The average molecular weight is 330 g/mol.